The van der Waals surface area contributed by atoms with Crippen molar-refractivity contribution in [2.45, 2.75) is 47.5 Å². The van der Waals surface area contributed by atoms with Crippen LogP contribution in [0.4, 0.5) is 4.79 Å². The van der Waals surface area contributed by atoms with Gasteiger partial charge in [-0.2, -0.15) is 0 Å². The Bertz CT molecular complexity index is 469. The number of hydrogen-bond acceptors (Lipinski definition) is 6. The molecule has 0 aromatic rings. The fourth-order valence-electron chi connectivity index (χ4n) is 2.37. The molecule has 25 heavy (non-hydrogen) atoms. The molecule has 0 aromatic heterocycles. The van der Waals surface area contributed by atoms with E-state index in [0.717, 1.165) is 6.08 Å². The molecule has 0 heterocycles. The summed E-state index contributed by atoms with van der Waals surface area (Å²) in [6.45, 7) is 13.4. The van der Waals surface area contributed by atoms with Crippen molar-refractivity contribution in [2.24, 2.45) is 10.8 Å². The summed E-state index contributed by atoms with van der Waals surface area (Å²) >= 11 is 0. The zero-order chi connectivity index (χ0) is 19.5. The van der Waals surface area contributed by atoms with Gasteiger partial charge in [0.15, 0.2) is 0 Å². The number of alkyl carbamates (subject to hydrolysis) is 1. The maximum Gasteiger partial charge on any atom is 0.407 e. The second kappa shape index (κ2) is 10.7. The number of nitrogens with one attached hydrogen (secondary N) is 1. The molecular formula is C18H31NO6. The molecule has 0 aliphatic heterocycles. The average Bonchev–Trinajstić information content (AvgIpc) is 2.53. The van der Waals surface area contributed by atoms with Gasteiger partial charge in [-0.1, -0.05) is 34.3 Å². The summed E-state index contributed by atoms with van der Waals surface area (Å²) < 4.78 is 14.8. The van der Waals surface area contributed by atoms with Crippen LogP contribution >= 0.6 is 0 Å². The second-order valence-electron chi connectivity index (χ2n) is 7.22. The molecule has 0 bridgehead atoms. The van der Waals surface area contributed by atoms with Crippen LogP contribution in [0.2, 0.25) is 0 Å². The van der Waals surface area contributed by atoms with Gasteiger partial charge in [-0.15, -0.1) is 0 Å². The number of amides is 1. The molecule has 1 unspecified atom stereocenters. The second-order valence-corrected chi connectivity index (χ2v) is 7.22. The number of ether oxygens (including phenoxy) is 3. The van der Waals surface area contributed by atoms with Gasteiger partial charge in [0, 0.05) is 6.08 Å². The molecule has 0 aromatic carbocycles. The van der Waals surface area contributed by atoms with Crippen LogP contribution in [0, 0.1) is 10.8 Å². The van der Waals surface area contributed by atoms with Crippen LogP contribution in [0.25, 0.3) is 0 Å². The number of hydrogen-bond donors (Lipinski definition) is 1. The third-order valence-electron chi connectivity index (χ3n) is 3.53. The molecule has 0 saturated carbocycles. The van der Waals surface area contributed by atoms with Crippen molar-refractivity contribution in [2.75, 3.05) is 26.4 Å². The number of carbonyl (C=O) groups excluding carboxylic acids is 3. The van der Waals surface area contributed by atoms with Gasteiger partial charge in [0.05, 0.1) is 12.0 Å². The van der Waals surface area contributed by atoms with E-state index in [9.17, 15) is 14.4 Å². The molecule has 0 saturated heterocycles. The van der Waals surface area contributed by atoms with Crippen LogP contribution in [0.5, 0.6) is 0 Å². The summed E-state index contributed by atoms with van der Waals surface area (Å²) in [4.78, 5) is 34.5. The van der Waals surface area contributed by atoms with E-state index in [1.54, 1.807) is 0 Å². The molecular weight excluding hydrogens is 326 g/mol. The molecule has 7 nitrogen and oxygen atoms in total. The number of rotatable bonds is 10. The van der Waals surface area contributed by atoms with Gasteiger partial charge >= 0.3 is 18.0 Å². The minimum absolute atomic E-state index is 0.00254. The normalized spacial score (nSPS) is 13.3. The fraction of sp³-hybridized carbons (Fsp3) is 0.722. The van der Waals surface area contributed by atoms with Gasteiger partial charge in [-0.3, -0.25) is 4.79 Å². The quantitative estimate of drug-likeness (QED) is 0.280. The van der Waals surface area contributed by atoms with E-state index in [4.69, 9.17) is 14.2 Å². The minimum Gasteiger partial charge on any atom is -0.462 e. The van der Waals surface area contributed by atoms with Crippen molar-refractivity contribution in [3.8, 4) is 0 Å². The van der Waals surface area contributed by atoms with Crippen molar-refractivity contribution in [3.63, 3.8) is 0 Å². The van der Waals surface area contributed by atoms with E-state index in [0.29, 0.717) is 12.8 Å². The minimum atomic E-state index is -0.668. The van der Waals surface area contributed by atoms with E-state index < -0.39 is 17.5 Å². The van der Waals surface area contributed by atoms with E-state index in [1.807, 2.05) is 13.8 Å². The molecule has 1 atom stereocenters. The lowest BCUT2D eigenvalue weighted by atomic mass is 9.73. The Balaban J connectivity index is 4.02. The molecule has 1 N–H and O–H groups in total. The Labute approximate surface area is 150 Å². The van der Waals surface area contributed by atoms with Gasteiger partial charge in [0.2, 0.25) is 0 Å². The van der Waals surface area contributed by atoms with E-state index in [-0.39, 0.29) is 37.7 Å². The average molecular weight is 357 g/mol. The maximum atomic E-state index is 12.3. The van der Waals surface area contributed by atoms with Crippen molar-refractivity contribution >= 4 is 18.0 Å². The highest BCUT2D eigenvalue weighted by atomic mass is 16.6. The summed E-state index contributed by atoms with van der Waals surface area (Å²) in [6.07, 6.45) is 1.75. The maximum absolute atomic E-state index is 12.3. The Morgan fingerprint density at radius 1 is 1.00 bits per heavy atom. The summed E-state index contributed by atoms with van der Waals surface area (Å²) in [7, 11) is 0. The van der Waals surface area contributed by atoms with Crippen molar-refractivity contribution < 1.29 is 28.6 Å². The van der Waals surface area contributed by atoms with Crippen LogP contribution in [0.1, 0.15) is 47.5 Å². The third kappa shape index (κ3) is 10.4. The van der Waals surface area contributed by atoms with Crippen LogP contribution in [0.15, 0.2) is 12.7 Å². The Hall–Kier alpha value is -2.05. The first-order valence-electron chi connectivity index (χ1n) is 8.41. The van der Waals surface area contributed by atoms with Crippen molar-refractivity contribution in [1.82, 2.24) is 5.32 Å². The molecule has 144 valence electrons. The highest BCUT2D eigenvalue weighted by Gasteiger charge is 2.36. The summed E-state index contributed by atoms with van der Waals surface area (Å²) in [5.41, 5.74) is -0.551. The first-order chi connectivity index (χ1) is 11.5. The largest absolute Gasteiger partial charge is 0.462 e. The fourth-order valence-corrected chi connectivity index (χ4v) is 2.37. The van der Waals surface area contributed by atoms with Crippen LogP contribution < -0.4 is 5.32 Å². The zero-order valence-corrected chi connectivity index (χ0v) is 16.0. The highest BCUT2D eigenvalue weighted by Crippen LogP contribution is 2.37. The molecule has 0 rings (SSSR count). The van der Waals surface area contributed by atoms with Gasteiger partial charge in [-0.05, 0) is 25.2 Å². The van der Waals surface area contributed by atoms with Crippen molar-refractivity contribution in [3.05, 3.63) is 12.7 Å². The predicted molar refractivity (Wildman–Crippen MR) is 93.9 cm³/mol. The highest BCUT2D eigenvalue weighted by molar-refractivity contribution is 5.81. The SMILES string of the molecule is C=CC(=O)OCCNC(=O)OCCOC(=O)C(C)(CC)CC(C)(C)C. The van der Waals surface area contributed by atoms with Gasteiger partial charge in [0.1, 0.15) is 19.8 Å². The lowest BCUT2D eigenvalue weighted by molar-refractivity contribution is -0.158. The molecule has 0 aliphatic carbocycles. The van der Waals surface area contributed by atoms with E-state index in [2.05, 4.69) is 32.7 Å². The van der Waals surface area contributed by atoms with E-state index in [1.165, 1.54) is 0 Å². The molecule has 0 aliphatic rings. The van der Waals surface area contributed by atoms with Gasteiger partial charge < -0.3 is 19.5 Å². The van der Waals surface area contributed by atoms with Gasteiger partial charge in [0.25, 0.3) is 0 Å². The predicted octanol–water partition coefficient (Wildman–Crippen LogP) is 2.84. The zero-order valence-electron chi connectivity index (χ0n) is 16.0. The first-order valence-corrected chi connectivity index (χ1v) is 8.41. The summed E-state index contributed by atoms with van der Waals surface area (Å²) in [5.74, 6) is -0.846. The Kier molecular flexibility index (Phi) is 9.86. The number of carbonyl (C=O) groups is 3. The molecule has 1 amide bonds. The van der Waals surface area contributed by atoms with Crippen LogP contribution in [0.3, 0.4) is 0 Å². The van der Waals surface area contributed by atoms with Crippen LogP contribution in [-0.2, 0) is 23.8 Å². The Morgan fingerprint density at radius 2 is 1.60 bits per heavy atom. The molecule has 7 heteroatoms. The molecule has 0 spiro atoms. The van der Waals surface area contributed by atoms with Gasteiger partial charge in [-0.25, -0.2) is 9.59 Å². The molecule has 0 radical (unpaired) electrons. The first kappa shape index (κ1) is 22.9. The van der Waals surface area contributed by atoms with Crippen LogP contribution in [-0.4, -0.2) is 44.4 Å². The summed E-state index contributed by atoms with van der Waals surface area (Å²) in [6, 6.07) is 0. The Morgan fingerprint density at radius 3 is 2.12 bits per heavy atom. The third-order valence-corrected chi connectivity index (χ3v) is 3.53. The monoisotopic (exact) mass is 357 g/mol. The lowest BCUT2D eigenvalue weighted by Gasteiger charge is -2.32. The van der Waals surface area contributed by atoms with Crippen molar-refractivity contribution in [1.29, 1.82) is 0 Å². The summed E-state index contributed by atoms with van der Waals surface area (Å²) in [5, 5.41) is 2.41. The lowest BCUT2D eigenvalue weighted by Crippen LogP contribution is -2.34. The smallest absolute Gasteiger partial charge is 0.407 e. The van der Waals surface area contributed by atoms with E-state index >= 15 is 0 Å². The molecule has 0 fully saturated rings. The topological polar surface area (TPSA) is 90.9 Å². The number of esters is 2. The standard InChI is InChI=1S/C18H31NO6/c1-7-14(20)23-10-9-19-16(22)25-12-11-24-15(21)18(6,8-2)13-17(3,4)5/h7H,1,8-13H2,2-6H3,(H,19,22).